The normalized spacial score (nSPS) is 30.4. The summed E-state index contributed by atoms with van der Waals surface area (Å²) in [4.78, 5) is 5.15. The largest absolute Gasteiger partial charge is 0.318 e. The summed E-state index contributed by atoms with van der Waals surface area (Å²) in [5, 5.41) is 3.32. The van der Waals surface area contributed by atoms with E-state index in [1.807, 2.05) is 0 Å². The first kappa shape index (κ1) is 12.9. The van der Waals surface area contributed by atoms with Gasteiger partial charge in [0.1, 0.15) is 0 Å². The third-order valence-electron chi connectivity index (χ3n) is 3.55. The molecule has 1 heterocycles. The van der Waals surface area contributed by atoms with Gasteiger partial charge in [-0.15, -0.1) is 0 Å². The van der Waals surface area contributed by atoms with E-state index in [2.05, 4.69) is 43.1 Å². The minimum absolute atomic E-state index is 0.685. The van der Waals surface area contributed by atoms with Gasteiger partial charge in [-0.25, -0.2) is 0 Å². The second-order valence-corrected chi connectivity index (χ2v) is 4.82. The number of nitrogens with zero attached hydrogens (tertiary/aromatic N) is 2. The lowest BCUT2D eigenvalue weighted by Crippen LogP contribution is -2.46. The Morgan fingerprint density at radius 1 is 1.40 bits per heavy atom. The SMILES string of the molecule is CCCN1CCC(C)N(C)CC1CNC. The third-order valence-corrected chi connectivity index (χ3v) is 3.55. The van der Waals surface area contributed by atoms with E-state index in [1.165, 1.54) is 32.5 Å². The third kappa shape index (κ3) is 3.74. The summed E-state index contributed by atoms with van der Waals surface area (Å²) in [6.45, 7) is 9.41. The second-order valence-electron chi connectivity index (χ2n) is 4.82. The van der Waals surface area contributed by atoms with Gasteiger partial charge in [-0.3, -0.25) is 4.90 Å². The first-order valence-electron chi connectivity index (χ1n) is 6.28. The van der Waals surface area contributed by atoms with Gasteiger partial charge in [0.15, 0.2) is 0 Å². The van der Waals surface area contributed by atoms with Gasteiger partial charge in [-0.1, -0.05) is 6.92 Å². The molecule has 0 aromatic rings. The fourth-order valence-corrected chi connectivity index (χ4v) is 2.39. The van der Waals surface area contributed by atoms with E-state index in [9.17, 15) is 0 Å². The van der Waals surface area contributed by atoms with Crippen LogP contribution in [0, 0.1) is 0 Å². The van der Waals surface area contributed by atoms with Crippen molar-refractivity contribution in [2.45, 2.75) is 38.8 Å². The van der Waals surface area contributed by atoms with Crippen LogP contribution < -0.4 is 5.32 Å². The van der Waals surface area contributed by atoms with Crippen LogP contribution in [0.25, 0.3) is 0 Å². The van der Waals surface area contributed by atoms with Crippen molar-refractivity contribution >= 4 is 0 Å². The number of likely N-dealkylation sites (N-methyl/N-ethyl adjacent to an activating group) is 2. The quantitative estimate of drug-likeness (QED) is 0.752. The van der Waals surface area contributed by atoms with Crippen LogP contribution >= 0.6 is 0 Å². The van der Waals surface area contributed by atoms with Crippen molar-refractivity contribution in [3.05, 3.63) is 0 Å². The van der Waals surface area contributed by atoms with Crippen molar-refractivity contribution in [3.63, 3.8) is 0 Å². The first-order valence-corrected chi connectivity index (χ1v) is 6.28. The molecule has 1 N–H and O–H groups in total. The summed E-state index contributed by atoms with van der Waals surface area (Å²) >= 11 is 0. The maximum atomic E-state index is 3.32. The molecule has 0 aliphatic carbocycles. The molecular formula is C12H27N3. The Morgan fingerprint density at radius 3 is 2.73 bits per heavy atom. The summed E-state index contributed by atoms with van der Waals surface area (Å²) in [5.41, 5.74) is 0. The van der Waals surface area contributed by atoms with Gasteiger partial charge in [0, 0.05) is 31.7 Å². The molecule has 0 bridgehead atoms. The van der Waals surface area contributed by atoms with Crippen LogP contribution in [0.5, 0.6) is 0 Å². The van der Waals surface area contributed by atoms with E-state index in [4.69, 9.17) is 0 Å². The van der Waals surface area contributed by atoms with E-state index in [0.29, 0.717) is 6.04 Å². The monoisotopic (exact) mass is 213 g/mol. The summed E-state index contributed by atoms with van der Waals surface area (Å²) < 4.78 is 0. The highest BCUT2D eigenvalue weighted by Crippen LogP contribution is 2.13. The molecule has 0 saturated carbocycles. The fraction of sp³-hybridized carbons (Fsp3) is 1.00. The highest BCUT2D eigenvalue weighted by atomic mass is 15.3. The molecule has 1 aliphatic heterocycles. The average Bonchev–Trinajstić information content (AvgIpc) is 2.33. The summed E-state index contributed by atoms with van der Waals surface area (Å²) in [6, 6.07) is 1.41. The standard InChI is InChI=1S/C12H27N3/c1-5-7-15-8-6-11(2)14(4)10-12(15)9-13-3/h11-13H,5-10H2,1-4H3. The van der Waals surface area contributed by atoms with Crippen LogP contribution in [0.4, 0.5) is 0 Å². The fourth-order valence-electron chi connectivity index (χ4n) is 2.39. The van der Waals surface area contributed by atoms with Crippen molar-refractivity contribution in [1.29, 1.82) is 0 Å². The maximum absolute atomic E-state index is 3.32. The molecule has 2 unspecified atom stereocenters. The zero-order chi connectivity index (χ0) is 11.3. The summed E-state index contributed by atoms with van der Waals surface area (Å²) in [6.07, 6.45) is 2.56. The first-order chi connectivity index (χ1) is 7.19. The van der Waals surface area contributed by atoms with Crippen molar-refractivity contribution < 1.29 is 0 Å². The predicted molar refractivity (Wildman–Crippen MR) is 66.3 cm³/mol. The lowest BCUT2D eigenvalue weighted by Gasteiger charge is -2.30. The number of rotatable bonds is 4. The minimum atomic E-state index is 0.685. The van der Waals surface area contributed by atoms with Crippen LogP contribution in [0.2, 0.25) is 0 Å². The van der Waals surface area contributed by atoms with Gasteiger partial charge >= 0.3 is 0 Å². The zero-order valence-electron chi connectivity index (χ0n) is 10.8. The average molecular weight is 213 g/mol. The number of nitrogens with one attached hydrogen (secondary N) is 1. The molecule has 0 amide bonds. The number of hydrogen-bond donors (Lipinski definition) is 1. The van der Waals surface area contributed by atoms with Gasteiger partial charge in [0.2, 0.25) is 0 Å². The molecule has 0 aromatic carbocycles. The van der Waals surface area contributed by atoms with Gasteiger partial charge in [0.05, 0.1) is 0 Å². The Bertz CT molecular complexity index is 172. The Morgan fingerprint density at radius 2 is 2.13 bits per heavy atom. The van der Waals surface area contributed by atoms with E-state index in [0.717, 1.165) is 12.6 Å². The summed E-state index contributed by atoms with van der Waals surface area (Å²) in [7, 11) is 4.31. The Kier molecular flexibility index (Phi) is 5.58. The lowest BCUT2D eigenvalue weighted by molar-refractivity contribution is 0.181. The highest BCUT2D eigenvalue weighted by molar-refractivity contribution is 4.83. The van der Waals surface area contributed by atoms with E-state index < -0.39 is 0 Å². The van der Waals surface area contributed by atoms with E-state index in [1.54, 1.807) is 0 Å². The van der Waals surface area contributed by atoms with Crippen LogP contribution in [-0.2, 0) is 0 Å². The molecule has 1 rings (SSSR count). The molecular weight excluding hydrogens is 186 g/mol. The molecule has 1 aliphatic rings. The molecule has 1 saturated heterocycles. The molecule has 0 radical (unpaired) electrons. The maximum Gasteiger partial charge on any atom is 0.0347 e. The molecule has 2 atom stereocenters. The van der Waals surface area contributed by atoms with Crippen LogP contribution in [0.1, 0.15) is 26.7 Å². The number of hydrogen-bond acceptors (Lipinski definition) is 3. The highest BCUT2D eigenvalue weighted by Gasteiger charge is 2.25. The van der Waals surface area contributed by atoms with E-state index in [-0.39, 0.29) is 0 Å². The lowest BCUT2D eigenvalue weighted by atomic mass is 10.2. The Labute approximate surface area is 94.8 Å². The van der Waals surface area contributed by atoms with Crippen molar-refractivity contribution in [2.24, 2.45) is 0 Å². The molecule has 0 aromatic heterocycles. The molecule has 0 spiro atoms. The smallest absolute Gasteiger partial charge is 0.0347 e. The molecule has 90 valence electrons. The van der Waals surface area contributed by atoms with Crippen LogP contribution in [0.3, 0.4) is 0 Å². The van der Waals surface area contributed by atoms with Crippen LogP contribution in [-0.4, -0.2) is 62.2 Å². The molecule has 3 heteroatoms. The van der Waals surface area contributed by atoms with Gasteiger partial charge in [-0.2, -0.15) is 0 Å². The Hall–Kier alpha value is -0.120. The van der Waals surface area contributed by atoms with E-state index >= 15 is 0 Å². The van der Waals surface area contributed by atoms with Gasteiger partial charge in [-0.05, 0) is 40.4 Å². The molecule has 3 nitrogen and oxygen atoms in total. The van der Waals surface area contributed by atoms with Crippen molar-refractivity contribution in [2.75, 3.05) is 40.3 Å². The second kappa shape index (κ2) is 6.46. The zero-order valence-corrected chi connectivity index (χ0v) is 10.8. The van der Waals surface area contributed by atoms with Gasteiger partial charge < -0.3 is 10.2 Å². The summed E-state index contributed by atoms with van der Waals surface area (Å²) in [5.74, 6) is 0. The predicted octanol–water partition coefficient (Wildman–Crippen LogP) is 1.01. The molecule has 15 heavy (non-hydrogen) atoms. The van der Waals surface area contributed by atoms with Crippen molar-refractivity contribution in [3.8, 4) is 0 Å². The van der Waals surface area contributed by atoms with Gasteiger partial charge in [0.25, 0.3) is 0 Å². The van der Waals surface area contributed by atoms with Crippen molar-refractivity contribution in [1.82, 2.24) is 15.1 Å². The topological polar surface area (TPSA) is 18.5 Å². The molecule has 1 fully saturated rings. The minimum Gasteiger partial charge on any atom is -0.318 e. The Balaban J connectivity index is 2.58. The van der Waals surface area contributed by atoms with Crippen LogP contribution in [0.15, 0.2) is 0 Å².